The molecule has 2 aromatic rings. The maximum absolute atomic E-state index is 5.89. The van der Waals surface area contributed by atoms with Crippen LogP contribution in [-0.2, 0) is 13.2 Å². The van der Waals surface area contributed by atoms with E-state index in [1.54, 1.807) is 0 Å². The van der Waals surface area contributed by atoms with Gasteiger partial charge < -0.3 is 14.6 Å². The van der Waals surface area contributed by atoms with Gasteiger partial charge in [-0.05, 0) is 38.6 Å². The summed E-state index contributed by atoms with van der Waals surface area (Å²) in [6.07, 6.45) is 0. The number of hydrogen-bond donors (Lipinski definition) is 1. The molecule has 0 amide bonds. The number of aromatic nitrogens is 1. The molecule has 5 heteroatoms. The molecule has 0 aliphatic rings. The number of rotatable bonds is 5. The van der Waals surface area contributed by atoms with Crippen molar-refractivity contribution in [1.29, 1.82) is 0 Å². The molecule has 0 saturated carbocycles. The molecule has 1 aromatic heterocycles. The minimum Gasteiger partial charge on any atom is -0.487 e. The van der Waals surface area contributed by atoms with E-state index in [-0.39, 0.29) is 0 Å². The topological polar surface area (TPSA) is 47.3 Å². The summed E-state index contributed by atoms with van der Waals surface area (Å²) in [6.45, 7) is 5.07. The normalized spacial score (nSPS) is 10.7. The first kappa shape index (κ1) is 14.1. The molecule has 0 saturated heterocycles. The number of halogens is 1. The van der Waals surface area contributed by atoms with Gasteiger partial charge in [-0.2, -0.15) is 0 Å². The highest BCUT2D eigenvalue weighted by Crippen LogP contribution is 2.28. The van der Waals surface area contributed by atoms with Gasteiger partial charge in [0.05, 0.1) is 0 Å². The highest BCUT2D eigenvalue weighted by Gasteiger charge is 2.10. The summed E-state index contributed by atoms with van der Waals surface area (Å²) >= 11 is 3.51. The molecule has 1 heterocycles. The van der Waals surface area contributed by atoms with Gasteiger partial charge in [0, 0.05) is 22.6 Å². The Morgan fingerprint density at radius 1 is 1.32 bits per heavy atom. The van der Waals surface area contributed by atoms with E-state index in [0.29, 0.717) is 6.61 Å². The van der Waals surface area contributed by atoms with Crippen molar-refractivity contribution in [1.82, 2.24) is 10.5 Å². The molecule has 0 unspecified atom stereocenters. The Morgan fingerprint density at radius 2 is 2.11 bits per heavy atom. The average molecular weight is 325 g/mol. The Hall–Kier alpha value is -1.33. The van der Waals surface area contributed by atoms with Gasteiger partial charge in [-0.25, -0.2) is 0 Å². The van der Waals surface area contributed by atoms with Crippen molar-refractivity contribution in [3.05, 3.63) is 45.3 Å². The number of ether oxygens (including phenoxy) is 1. The van der Waals surface area contributed by atoms with Crippen LogP contribution in [0.25, 0.3) is 0 Å². The van der Waals surface area contributed by atoms with Crippen LogP contribution in [0.15, 0.2) is 27.2 Å². The molecule has 4 nitrogen and oxygen atoms in total. The summed E-state index contributed by atoms with van der Waals surface area (Å²) in [5, 5.41) is 7.07. The smallest absolute Gasteiger partial charge is 0.134 e. The first-order valence-corrected chi connectivity index (χ1v) is 6.88. The zero-order valence-corrected chi connectivity index (χ0v) is 12.9. The fourth-order valence-corrected chi connectivity index (χ4v) is 2.58. The maximum Gasteiger partial charge on any atom is 0.134 e. The predicted octanol–water partition coefficient (Wildman–Crippen LogP) is 3.35. The minimum absolute atomic E-state index is 0.413. The second-order valence-corrected chi connectivity index (χ2v) is 5.37. The lowest BCUT2D eigenvalue weighted by molar-refractivity contribution is 0.283. The second kappa shape index (κ2) is 6.21. The standard InChI is InChI=1S/C14H17BrN2O2/c1-9-4-12(15)6-11(7-16-3)14(9)18-8-13-5-10(2)19-17-13/h4-6,16H,7-8H2,1-3H3. The largest absolute Gasteiger partial charge is 0.487 e. The van der Waals surface area contributed by atoms with Gasteiger partial charge in [0.15, 0.2) is 0 Å². The van der Waals surface area contributed by atoms with Gasteiger partial charge in [-0.3, -0.25) is 0 Å². The van der Waals surface area contributed by atoms with Gasteiger partial charge in [0.2, 0.25) is 0 Å². The van der Waals surface area contributed by atoms with E-state index < -0.39 is 0 Å². The van der Waals surface area contributed by atoms with Crippen LogP contribution in [0.1, 0.15) is 22.6 Å². The molecule has 19 heavy (non-hydrogen) atoms. The van der Waals surface area contributed by atoms with Gasteiger partial charge in [0.1, 0.15) is 23.8 Å². The van der Waals surface area contributed by atoms with Crippen LogP contribution in [0.4, 0.5) is 0 Å². The summed E-state index contributed by atoms with van der Waals surface area (Å²) in [7, 11) is 1.92. The zero-order chi connectivity index (χ0) is 13.8. The lowest BCUT2D eigenvalue weighted by Crippen LogP contribution is -2.09. The molecule has 102 valence electrons. The quantitative estimate of drug-likeness (QED) is 0.916. The average Bonchev–Trinajstić information content (AvgIpc) is 2.74. The Labute approximate surface area is 121 Å². The van der Waals surface area contributed by atoms with Crippen LogP contribution >= 0.6 is 15.9 Å². The maximum atomic E-state index is 5.89. The van der Waals surface area contributed by atoms with Crippen LogP contribution in [0.3, 0.4) is 0 Å². The Morgan fingerprint density at radius 3 is 2.74 bits per heavy atom. The van der Waals surface area contributed by atoms with E-state index >= 15 is 0 Å². The highest BCUT2D eigenvalue weighted by atomic mass is 79.9. The second-order valence-electron chi connectivity index (χ2n) is 4.46. The van der Waals surface area contributed by atoms with Gasteiger partial charge in [0.25, 0.3) is 0 Å². The van der Waals surface area contributed by atoms with E-state index in [1.165, 1.54) is 0 Å². The molecule has 0 atom stereocenters. The zero-order valence-electron chi connectivity index (χ0n) is 11.3. The van der Waals surface area contributed by atoms with Gasteiger partial charge in [-0.1, -0.05) is 21.1 Å². The third-order valence-corrected chi connectivity index (χ3v) is 3.18. The summed E-state index contributed by atoms with van der Waals surface area (Å²) in [5.74, 6) is 1.69. The molecule has 2 rings (SSSR count). The van der Waals surface area contributed by atoms with Crippen LogP contribution in [0.5, 0.6) is 5.75 Å². The Bertz CT molecular complexity index is 567. The summed E-state index contributed by atoms with van der Waals surface area (Å²) in [5.41, 5.74) is 3.02. The molecule has 0 bridgehead atoms. The molecule has 0 spiro atoms. The number of hydrogen-bond acceptors (Lipinski definition) is 4. The molecule has 1 aromatic carbocycles. The van der Waals surface area contributed by atoms with E-state index in [9.17, 15) is 0 Å². The Balaban J connectivity index is 2.18. The fraction of sp³-hybridized carbons (Fsp3) is 0.357. The molecular weight excluding hydrogens is 308 g/mol. The Kier molecular flexibility index (Phi) is 4.61. The first-order valence-electron chi connectivity index (χ1n) is 6.08. The third kappa shape index (κ3) is 3.58. The number of nitrogens with zero attached hydrogens (tertiary/aromatic N) is 1. The lowest BCUT2D eigenvalue weighted by atomic mass is 10.1. The lowest BCUT2D eigenvalue weighted by Gasteiger charge is -2.14. The first-order chi connectivity index (χ1) is 9.10. The van der Waals surface area contributed by atoms with Crippen molar-refractivity contribution < 1.29 is 9.26 Å². The summed E-state index contributed by atoms with van der Waals surface area (Å²) in [4.78, 5) is 0. The molecule has 0 aliphatic carbocycles. The molecule has 0 fully saturated rings. The van der Waals surface area contributed by atoms with Gasteiger partial charge in [-0.15, -0.1) is 0 Å². The summed E-state index contributed by atoms with van der Waals surface area (Å²) < 4.78 is 12.0. The molecule has 0 aliphatic heterocycles. The van der Waals surface area contributed by atoms with Crippen LogP contribution < -0.4 is 10.1 Å². The van der Waals surface area contributed by atoms with Gasteiger partial charge >= 0.3 is 0 Å². The number of nitrogens with one attached hydrogen (secondary N) is 1. The van der Waals surface area contributed by atoms with Crippen molar-refractivity contribution in [2.75, 3.05) is 7.05 Å². The van der Waals surface area contributed by atoms with Crippen LogP contribution in [-0.4, -0.2) is 12.2 Å². The predicted molar refractivity (Wildman–Crippen MR) is 77.2 cm³/mol. The van der Waals surface area contributed by atoms with E-state index in [4.69, 9.17) is 9.26 Å². The summed E-state index contributed by atoms with van der Waals surface area (Å²) in [6, 6.07) is 5.99. The third-order valence-electron chi connectivity index (χ3n) is 2.72. The van der Waals surface area contributed by atoms with Crippen molar-refractivity contribution in [3.8, 4) is 5.75 Å². The van der Waals surface area contributed by atoms with Crippen molar-refractivity contribution in [2.24, 2.45) is 0 Å². The minimum atomic E-state index is 0.413. The highest BCUT2D eigenvalue weighted by molar-refractivity contribution is 9.10. The molecule has 0 radical (unpaired) electrons. The van der Waals surface area contributed by atoms with Crippen molar-refractivity contribution in [3.63, 3.8) is 0 Å². The SMILES string of the molecule is CNCc1cc(Br)cc(C)c1OCc1cc(C)on1. The fourth-order valence-electron chi connectivity index (χ4n) is 1.96. The number of benzene rings is 1. The van der Waals surface area contributed by atoms with Crippen LogP contribution in [0, 0.1) is 13.8 Å². The monoisotopic (exact) mass is 324 g/mol. The number of aryl methyl sites for hydroxylation is 2. The van der Waals surface area contributed by atoms with E-state index in [1.807, 2.05) is 33.0 Å². The molecule has 1 N–H and O–H groups in total. The van der Waals surface area contributed by atoms with Crippen molar-refractivity contribution >= 4 is 15.9 Å². The molecular formula is C14H17BrN2O2. The van der Waals surface area contributed by atoms with E-state index in [2.05, 4.69) is 32.5 Å². The van der Waals surface area contributed by atoms with Crippen molar-refractivity contribution in [2.45, 2.75) is 27.0 Å². The van der Waals surface area contributed by atoms with E-state index in [0.717, 1.165) is 39.3 Å². The van der Waals surface area contributed by atoms with Crippen LogP contribution in [0.2, 0.25) is 0 Å².